The summed E-state index contributed by atoms with van der Waals surface area (Å²) in [5.41, 5.74) is -2.10. The van der Waals surface area contributed by atoms with E-state index in [2.05, 4.69) is 11.3 Å². The Balaban J connectivity index is 4.48. The number of ketones is 1. The predicted molar refractivity (Wildman–Crippen MR) is 42.5 cm³/mol. The number of carbonyl (C=O) groups excluding carboxylic acids is 2. The number of hydrogen-bond donors (Lipinski definition) is 1. The Kier molecular flexibility index (Phi) is 3.63. The smallest absolute Gasteiger partial charge is 0.346 e. The fourth-order valence-electron chi connectivity index (χ4n) is 0.571. The van der Waals surface area contributed by atoms with E-state index in [4.69, 9.17) is 0 Å². The molecule has 68 valence electrons. The van der Waals surface area contributed by atoms with Crippen LogP contribution in [0.25, 0.3) is 0 Å². The Morgan fingerprint density at radius 1 is 1.67 bits per heavy atom. The number of esters is 1. The fraction of sp³-hybridized carbons (Fsp3) is 0.500. The second-order valence-corrected chi connectivity index (χ2v) is 2.36. The van der Waals surface area contributed by atoms with Crippen LogP contribution in [-0.2, 0) is 14.3 Å². The molecule has 0 bridgehead atoms. The first-order chi connectivity index (χ1) is 5.46. The Morgan fingerprint density at radius 3 is 2.50 bits per heavy atom. The van der Waals surface area contributed by atoms with E-state index in [1.54, 1.807) is 6.92 Å². The first-order valence-corrected chi connectivity index (χ1v) is 3.53. The van der Waals surface area contributed by atoms with Gasteiger partial charge >= 0.3 is 5.97 Å². The van der Waals surface area contributed by atoms with Crippen LogP contribution in [0.15, 0.2) is 12.7 Å². The van der Waals surface area contributed by atoms with Crippen molar-refractivity contribution in [3.63, 3.8) is 0 Å². The van der Waals surface area contributed by atoms with Crippen molar-refractivity contribution in [2.24, 2.45) is 0 Å². The summed E-state index contributed by atoms with van der Waals surface area (Å²) < 4.78 is 4.47. The van der Waals surface area contributed by atoms with Crippen molar-refractivity contribution >= 4 is 11.8 Å². The number of carbonyl (C=O) groups is 2. The summed E-state index contributed by atoms with van der Waals surface area (Å²) in [5, 5.41) is 9.29. The van der Waals surface area contributed by atoms with E-state index in [-0.39, 0.29) is 6.61 Å². The minimum absolute atomic E-state index is 0.124. The summed E-state index contributed by atoms with van der Waals surface area (Å²) in [7, 11) is 0. The third-order valence-electron chi connectivity index (χ3n) is 1.34. The largest absolute Gasteiger partial charge is 0.464 e. The average molecular weight is 172 g/mol. The summed E-state index contributed by atoms with van der Waals surface area (Å²) >= 11 is 0. The van der Waals surface area contributed by atoms with Crippen LogP contribution in [0.3, 0.4) is 0 Å². The minimum Gasteiger partial charge on any atom is -0.464 e. The molecule has 0 saturated heterocycles. The molecular weight excluding hydrogens is 160 g/mol. The van der Waals surface area contributed by atoms with Crippen LogP contribution in [0.1, 0.15) is 13.8 Å². The van der Waals surface area contributed by atoms with Gasteiger partial charge in [0.15, 0.2) is 5.78 Å². The minimum atomic E-state index is -2.10. The van der Waals surface area contributed by atoms with Crippen molar-refractivity contribution in [2.75, 3.05) is 6.61 Å². The third kappa shape index (κ3) is 2.17. The highest BCUT2D eigenvalue weighted by atomic mass is 16.5. The zero-order valence-electron chi connectivity index (χ0n) is 7.16. The lowest BCUT2D eigenvalue weighted by molar-refractivity contribution is -0.166. The highest BCUT2D eigenvalue weighted by Crippen LogP contribution is 2.08. The Morgan fingerprint density at radius 2 is 2.17 bits per heavy atom. The predicted octanol–water partition coefficient (Wildman–Crippen LogP) is 0.0556. The maximum Gasteiger partial charge on any atom is 0.346 e. The molecule has 4 nitrogen and oxygen atoms in total. The monoisotopic (exact) mass is 172 g/mol. The maximum atomic E-state index is 10.9. The van der Waals surface area contributed by atoms with Crippen LogP contribution in [0.4, 0.5) is 0 Å². The van der Waals surface area contributed by atoms with Gasteiger partial charge in [-0.1, -0.05) is 6.58 Å². The molecule has 0 amide bonds. The van der Waals surface area contributed by atoms with Crippen LogP contribution >= 0.6 is 0 Å². The average Bonchev–Trinajstić information content (AvgIpc) is 2.03. The molecule has 0 spiro atoms. The van der Waals surface area contributed by atoms with Crippen molar-refractivity contribution in [3.8, 4) is 0 Å². The summed E-state index contributed by atoms with van der Waals surface area (Å²) in [6, 6.07) is 0. The standard InChI is InChI=1S/C8H12O4/c1-4-6(9)8(3,11)7(10)12-5-2/h4,11H,1,5H2,2-3H3. The Labute approximate surface area is 70.8 Å². The van der Waals surface area contributed by atoms with Gasteiger partial charge in [-0.2, -0.15) is 0 Å². The molecule has 0 aliphatic rings. The lowest BCUT2D eigenvalue weighted by Gasteiger charge is -2.16. The van der Waals surface area contributed by atoms with Crippen molar-refractivity contribution in [3.05, 3.63) is 12.7 Å². The molecule has 1 unspecified atom stereocenters. The van der Waals surface area contributed by atoms with Gasteiger partial charge in [-0.15, -0.1) is 0 Å². The highest BCUT2D eigenvalue weighted by molar-refractivity contribution is 6.11. The van der Waals surface area contributed by atoms with Crippen molar-refractivity contribution < 1.29 is 19.4 Å². The zero-order valence-corrected chi connectivity index (χ0v) is 7.16. The normalized spacial score (nSPS) is 14.6. The molecule has 1 N–H and O–H groups in total. The lowest BCUT2D eigenvalue weighted by atomic mass is 10.0. The van der Waals surface area contributed by atoms with Crippen LogP contribution in [0, 0.1) is 0 Å². The van der Waals surface area contributed by atoms with Crippen molar-refractivity contribution in [2.45, 2.75) is 19.4 Å². The molecule has 0 aromatic heterocycles. The van der Waals surface area contributed by atoms with Gasteiger partial charge in [0.1, 0.15) is 0 Å². The van der Waals surface area contributed by atoms with E-state index in [1.165, 1.54) is 0 Å². The fourth-order valence-corrected chi connectivity index (χ4v) is 0.571. The molecule has 0 aliphatic heterocycles. The van der Waals surface area contributed by atoms with E-state index in [0.717, 1.165) is 13.0 Å². The Bertz CT molecular complexity index is 205. The molecule has 0 aromatic rings. The van der Waals surface area contributed by atoms with Crippen LogP contribution in [0.5, 0.6) is 0 Å². The molecule has 0 radical (unpaired) electrons. The number of hydrogen-bond acceptors (Lipinski definition) is 4. The summed E-state index contributed by atoms with van der Waals surface area (Å²) in [6.07, 6.45) is 0.886. The first-order valence-electron chi connectivity index (χ1n) is 3.53. The van der Waals surface area contributed by atoms with Gasteiger partial charge in [-0.3, -0.25) is 4.79 Å². The van der Waals surface area contributed by atoms with Gasteiger partial charge in [-0.05, 0) is 19.9 Å². The molecule has 0 rings (SSSR count). The quantitative estimate of drug-likeness (QED) is 0.370. The SMILES string of the molecule is C=CC(=O)C(C)(O)C(=O)OCC. The molecule has 0 heterocycles. The maximum absolute atomic E-state index is 10.9. The summed E-state index contributed by atoms with van der Waals surface area (Å²) in [5.74, 6) is -1.71. The third-order valence-corrected chi connectivity index (χ3v) is 1.34. The van der Waals surface area contributed by atoms with E-state index < -0.39 is 17.4 Å². The highest BCUT2D eigenvalue weighted by Gasteiger charge is 2.38. The molecule has 0 aliphatic carbocycles. The van der Waals surface area contributed by atoms with Crippen LogP contribution < -0.4 is 0 Å². The van der Waals surface area contributed by atoms with E-state index in [0.29, 0.717) is 0 Å². The topological polar surface area (TPSA) is 63.6 Å². The second kappa shape index (κ2) is 4.01. The lowest BCUT2D eigenvalue weighted by Crippen LogP contribution is -2.43. The number of rotatable bonds is 4. The van der Waals surface area contributed by atoms with Gasteiger partial charge in [0.2, 0.25) is 5.60 Å². The second-order valence-electron chi connectivity index (χ2n) is 2.36. The molecule has 0 saturated carbocycles. The Hall–Kier alpha value is -1.16. The van der Waals surface area contributed by atoms with Gasteiger partial charge in [0.25, 0.3) is 0 Å². The summed E-state index contributed by atoms with van der Waals surface area (Å²) in [4.78, 5) is 21.8. The molecular formula is C8H12O4. The molecule has 0 aromatic carbocycles. The summed E-state index contributed by atoms with van der Waals surface area (Å²) in [6.45, 7) is 5.94. The number of ether oxygens (including phenoxy) is 1. The van der Waals surface area contributed by atoms with Crippen molar-refractivity contribution in [1.82, 2.24) is 0 Å². The van der Waals surface area contributed by atoms with E-state index in [9.17, 15) is 14.7 Å². The molecule has 12 heavy (non-hydrogen) atoms. The van der Waals surface area contributed by atoms with E-state index >= 15 is 0 Å². The first kappa shape index (κ1) is 10.8. The van der Waals surface area contributed by atoms with Crippen LogP contribution in [-0.4, -0.2) is 29.1 Å². The molecule has 1 atom stereocenters. The van der Waals surface area contributed by atoms with Crippen molar-refractivity contribution in [1.29, 1.82) is 0 Å². The van der Waals surface area contributed by atoms with E-state index in [1.807, 2.05) is 0 Å². The molecule has 4 heteroatoms. The van der Waals surface area contributed by atoms with Gasteiger partial charge < -0.3 is 9.84 Å². The number of aliphatic hydroxyl groups is 1. The zero-order chi connectivity index (χ0) is 9.78. The molecule has 0 fully saturated rings. The van der Waals surface area contributed by atoms with Crippen LogP contribution in [0.2, 0.25) is 0 Å². The van der Waals surface area contributed by atoms with Gasteiger partial charge in [0.05, 0.1) is 6.61 Å². The van der Waals surface area contributed by atoms with Gasteiger partial charge in [0, 0.05) is 0 Å². The van der Waals surface area contributed by atoms with Gasteiger partial charge in [-0.25, -0.2) is 4.79 Å².